The number of halogens is 1. The van der Waals surface area contributed by atoms with Crippen LogP contribution in [0.1, 0.15) is 11.3 Å². The van der Waals surface area contributed by atoms with E-state index in [1.807, 2.05) is 31.2 Å². The molecule has 0 unspecified atom stereocenters. The maximum atomic E-state index is 6.40. The molecular weight excluding hydrogens is 270 g/mol. The summed E-state index contributed by atoms with van der Waals surface area (Å²) in [5, 5.41) is 9.20. The molecule has 4 heteroatoms. The summed E-state index contributed by atoms with van der Waals surface area (Å²) in [6.07, 6.45) is 0.784. The molecule has 0 fully saturated rings. The average Bonchev–Trinajstić information content (AvgIpc) is 2.83. The highest BCUT2D eigenvalue weighted by Gasteiger charge is 2.16. The van der Waals surface area contributed by atoms with Gasteiger partial charge in [0.05, 0.1) is 5.02 Å². The van der Waals surface area contributed by atoms with Crippen molar-refractivity contribution in [3.05, 3.63) is 52.7 Å². The van der Waals surface area contributed by atoms with E-state index < -0.39 is 0 Å². The monoisotopic (exact) mass is 285 g/mol. The molecule has 2 aromatic carbocycles. The van der Waals surface area contributed by atoms with Gasteiger partial charge in [-0.25, -0.2) is 0 Å². The minimum atomic E-state index is 0.588. The van der Waals surface area contributed by atoms with Crippen molar-refractivity contribution in [2.45, 2.75) is 13.3 Å². The summed E-state index contributed by atoms with van der Waals surface area (Å²) in [6.45, 7) is 2.57. The largest absolute Gasteiger partial charge is 0.330 e. The first kappa shape index (κ1) is 13.2. The second-order valence-electron chi connectivity index (χ2n) is 4.87. The highest BCUT2D eigenvalue weighted by atomic mass is 35.5. The van der Waals surface area contributed by atoms with Crippen molar-refractivity contribution < 1.29 is 0 Å². The Hall–Kier alpha value is -1.84. The highest BCUT2D eigenvalue weighted by molar-refractivity contribution is 6.36. The first-order valence-corrected chi connectivity index (χ1v) is 7.01. The summed E-state index contributed by atoms with van der Waals surface area (Å²) < 4.78 is 0. The van der Waals surface area contributed by atoms with Crippen LogP contribution < -0.4 is 5.73 Å². The third kappa shape index (κ3) is 2.09. The fourth-order valence-corrected chi connectivity index (χ4v) is 2.99. The molecule has 1 aromatic heterocycles. The Labute approximate surface area is 122 Å². The van der Waals surface area contributed by atoms with E-state index in [0.717, 1.165) is 44.7 Å². The van der Waals surface area contributed by atoms with Gasteiger partial charge in [-0.15, -0.1) is 0 Å². The van der Waals surface area contributed by atoms with Gasteiger partial charge in [0, 0.05) is 16.6 Å². The van der Waals surface area contributed by atoms with E-state index in [2.05, 4.69) is 22.3 Å². The third-order valence-corrected chi connectivity index (χ3v) is 3.82. The van der Waals surface area contributed by atoms with Crippen LogP contribution in [0.25, 0.3) is 22.0 Å². The van der Waals surface area contributed by atoms with Gasteiger partial charge in [0.25, 0.3) is 0 Å². The quantitative estimate of drug-likeness (QED) is 0.771. The van der Waals surface area contributed by atoms with Crippen molar-refractivity contribution in [1.29, 1.82) is 0 Å². The lowest BCUT2D eigenvalue weighted by molar-refractivity contribution is 0.971. The molecule has 102 valence electrons. The number of hydrogen-bond acceptors (Lipinski definition) is 2. The number of rotatable bonds is 3. The lowest BCUT2D eigenvalue weighted by Gasteiger charge is -2.11. The van der Waals surface area contributed by atoms with Crippen LogP contribution in [-0.4, -0.2) is 16.7 Å². The molecule has 3 aromatic rings. The van der Waals surface area contributed by atoms with E-state index in [1.165, 1.54) is 0 Å². The molecule has 0 saturated carbocycles. The van der Waals surface area contributed by atoms with Crippen molar-refractivity contribution in [1.82, 2.24) is 10.2 Å². The summed E-state index contributed by atoms with van der Waals surface area (Å²) in [4.78, 5) is 0. The maximum absolute atomic E-state index is 6.40. The number of hydrogen-bond donors (Lipinski definition) is 2. The molecule has 0 aliphatic heterocycles. The molecule has 3 rings (SSSR count). The first-order valence-electron chi connectivity index (χ1n) is 6.64. The van der Waals surface area contributed by atoms with Gasteiger partial charge >= 0.3 is 0 Å². The maximum Gasteiger partial charge on any atom is 0.102 e. The normalized spacial score (nSPS) is 11.2. The molecule has 0 radical (unpaired) electrons. The van der Waals surface area contributed by atoms with Gasteiger partial charge < -0.3 is 5.73 Å². The molecule has 3 nitrogen and oxygen atoms in total. The summed E-state index contributed by atoms with van der Waals surface area (Å²) in [5.74, 6) is 0. The van der Waals surface area contributed by atoms with Crippen LogP contribution >= 0.6 is 11.6 Å². The SMILES string of the molecule is Cc1[nH]nc2c(-c3ccccc3)c(CCN)cc(Cl)c12. The molecule has 1 heterocycles. The van der Waals surface area contributed by atoms with Crippen LogP contribution in [0.15, 0.2) is 36.4 Å². The number of H-pyrrole nitrogens is 1. The topological polar surface area (TPSA) is 54.7 Å². The van der Waals surface area contributed by atoms with Crippen molar-refractivity contribution >= 4 is 22.5 Å². The van der Waals surface area contributed by atoms with Crippen LogP contribution in [0.4, 0.5) is 0 Å². The Balaban J connectivity index is 2.37. The molecule has 0 spiro atoms. The highest BCUT2D eigenvalue weighted by Crippen LogP contribution is 2.36. The predicted octanol–water partition coefficient (Wildman–Crippen LogP) is 3.69. The predicted molar refractivity (Wildman–Crippen MR) is 84.0 cm³/mol. The number of nitrogens with zero attached hydrogens (tertiary/aromatic N) is 1. The molecule has 0 atom stereocenters. The van der Waals surface area contributed by atoms with Gasteiger partial charge in [0.15, 0.2) is 0 Å². The lowest BCUT2D eigenvalue weighted by atomic mass is 9.94. The number of fused-ring (bicyclic) bond motifs is 1. The van der Waals surface area contributed by atoms with Crippen LogP contribution in [0.2, 0.25) is 5.02 Å². The van der Waals surface area contributed by atoms with Crippen molar-refractivity contribution in [3.63, 3.8) is 0 Å². The zero-order chi connectivity index (χ0) is 14.1. The summed E-state index contributed by atoms with van der Waals surface area (Å²) >= 11 is 6.40. The summed E-state index contributed by atoms with van der Waals surface area (Å²) in [6, 6.07) is 12.3. The second kappa shape index (κ2) is 5.27. The van der Waals surface area contributed by atoms with E-state index >= 15 is 0 Å². The molecule has 0 amide bonds. The number of nitrogens with one attached hydrogen (secondary N) is 1. The van der Waals surface area contributed by atoms with Gasteiger partial charge in [-0.2, -0.15) is 5.10 Å². The third-order valence-electron chi connectivity index (χ3n) is 3.52. The number of nitrogens with two attached hydrogens (primary N) is 1. The van der Waals surface area contributed by atoms with Crippen LogP contribution in [0, 0.1) is 6.92 Å². The Bertz CT molecular complexity index is 747. The van der Waals surface area contributed by atoms with Gasteiger partial charge in [0.2, 0.25) is 0 Å². The Morgan fingerprint density at radius 3 is 2.70 bits per heavy atom. The number of aromatic nitrogens is 2. The van der Waals surface area contributed by atoms with E-state index in [-0.39, 0.29) is 0 Å². The summed E-state index contributed by atoms with van der Waals surface area (Å²) in [5.41, 5.74) is 11.1. The molecule has 20 heavy (non-hydrogen) atoms. The minimum absolute atomic E-state index is 0.588. The molecule has 3 N–H and O–H groups in total. The Morgan fingerprint density at radius 1 is 1.25 bits per heavy atom. The van der Waals surface area contributed by atoms with Gasteiger partial charge in [0.1, 0.15) is 5.52 Å². The smallest absolute Gasteiger partial charge is 0.102 e. The molecule has 0 saturated heterocycles. The van der Waals surface area contributed by atoms with Crippen molar-refractivity contribution in [3.8, 4) is 11.1 Å². The van der Waals surface area contributed by atoms with Crippen LogP contribution in [0.3, 0.4) is 0 Å². The number of aromatic amines is 1. The average molecular weight is 286 g/mol. The van der Waals surface area contributed by atoms with E-state index in [1.54, 1.807) is 0 Å². The van der Waals surface area contributed by atoms with Gasteiger partial charge in [-0.05, 0) is 37.1 Å². The molecule has 0 aliphatic carbocycles. The molecule has 0 bridgehead atoms. The zero-order valence-electron chi connectivity index (χ0n) is 11.3. The molecular formula is C16H16ClN3. The van der Waals surface area contributed by atoms with Crippen molar-refractivity contribution in [2.24, 2.45) is 5.73 Å². The van der Waals surface area contributed by atoms with Crippen LogP contribution in [-0.2, 0) is 6.42 Å². The second-order valence-corrected chi connectivity index (χ2v) is 5.28. The Kier molecular flexibility index (Phi) is 3.47. The number of benzene rings is 2. The lowest BCUT2D eigenvalue weighted by Crippen LogP contribution is -2.04. The van der Waals surface area contributed by atoms with Gasteiger partial charge in [-0.1, -0.05) is 41.9 Å². The van der Waals surface area contributed by atoms with Crippen molar-refractivity contribution in [2.75, 3.05) is 6.54 Å². The van der Waals surface area contributed by atoms with E-state index in [9.17, 15) is 0 Å². The first-order chi connectivity index (χ1) is 9.72. The Morgan fingerprint density at radius 2 is 2.00 bits per heavy atom. The minimum Gasteiger partial charge on any atom is -0.330 e. The van der Waals surface area contributed by atoms with E-state index in [4.69, 9.17) is 17.3 Å². The fraction of sp³-hybridized carbons (Fsp3) is 0.188. The standard InChI is InChI=1S/C16H16ClN3/c1-10-14-13(17)9-12(7-8-18)15(16(14)20-19-10)11-5-3-2-4-6-11/h2-6,9H,7-8,18H2,1H3,(H,19,20). The zero-order valence-corrected chi connectivity index (χ0v) is 12.0. The van der Waals surface area contributed by atoms with Gasteiger partial charge in [-0.3, -0.25) is 5.10 Å². The molecule has 0 aliphatic rings. The van der Waals surface area contributed by atoms with Crippen LogP contribution in [0.5, 0.6) is 0 Å². The van der Waals surface area contributed by atoms with E-state index in [0.29, 0.717) is 6.54 Å². The fourth-order valence-electron chi connectivity index (χ4n) is 2.63. The number of aryl methyl sites for hydroxylation is 1. The summed E-state index contributed by atoms with van der Waals surface area (Å²) in [7, 11) is 0.